The lowest BCUT2D eigenvalue weighted by Crippen LogP contribution is -2.53. The molecule has 0 aliphatic heterocycles. The molecular weight excluding hydrogens is 264 g/mol. The van der Waals surface area contributed by atoms with Crippen LogP contribution in [0, 0.1) is 5.92 Å². The molecule has 1 aliphatic carbocycles. The molecule has 1 N–H and O–H groups in total. The van der Waals surface area contributed by atoms with Gasteiger partial charge < -0.3 is 9.84 Å². The van der Waals surface area contributed by atoms with E-state index in [-0.39, 0.29) is 11.1 Å². The van der Waals surface area contributed by atoms with Crippen molar-refractivity contribution in [2.75, 3.05) is 7.11 Å². The van der Waals surface area contributed by atoms with Crippen LogP contribution in [0.1, 0.15) is 20.8 Å². The van der Waals surface area contributed by atoms with Gasteiger partial charge in [-0.15, -0.1) is 0 Å². The molecule has 0 saturated carbocycles. The maximum atomic E-state index is 12.0. The van der Waals surface area contributed by atoms with Crippen LogP contribution in [0.15, 0.2) is 23.3 Å². The Labute approximate surface area is 116 Å². The average Bonchev–Trinajstić information content (AvgIpc) is 2.35. The van der Waals surface area contributed by atoms with E-state index in [1.54, 1.807) is 0 Å². The summed E-state index contributed by atoms with van der Waals surface area (Å²) in [4.78, 5) is 46.7. The maximum absolute atomic E-state index is 12.0. The Balaban J connectivity index is 3.66. The van der Waals surface area contributed by atoms with Crippen LogP contribution < -0.4 is 0 Å². The molecule has 0 aromatic carbocycles. The molecule has 20 heavy (non-hydrogen) atoms. The van der Waals surface area contributed by atoms with Gasteiger partial charge in [-0.05, 0) is 26.8 Å². The number of carboxylic acid groups (broad SMARTS) is 1. The number of Topliss-reactive ketones (excluding diaryl/α,β-unsaturated/α-hetero) is 3. The fraction of sp³-hybridized carbons (Fsp3) is 0.429. The van der Waals surface area contributed by atoms with Gasteiger partial charge in [0.05, 0.1) is 11.5 Å². The minimum Gasteiger partial charge on any atom is -0.478 e. The van der Waals surface area contributed by atoms with Gasteiger partial charge in [0, 0.05) is 12.7 Å². The highest BCUT2D eigenvalue weighted by molar-refractivity contribution is 6.10. The van der Waals surface area contributed by atoms with Gasteiger partial charge in [-0.25, -0.2) is 4.79 Å². The van der Waals surface area contributed by atoms with Gasteiger partial charge in [0.15, 0.2) is 17.2 Å². The monoisotopic (exact) mass is 280 g/mol. The summed E-state index contributed by atoms with van der Waals surface area (Å²) in [6.45, 7) is 3.63. The fourth-order valence-electron chi connectivity index (χ4n) is 2.46. The summed E-state index contributed by atoms with van der Waals surface area (Å²) in [5, 5.41) is 9.06. The first kappa shape index (κ1) is 16.0. The van der Waals surface area contributed by atoms with Gasteiger partial charge in [0.25, 0.3) is 0 Å². The summed E-state index contributed by atoms with van der Waals surface area (Å²) in [7, 11) is 1.22. The third-order valence-electron chi connectivity index (χ3n) is 3.39. The number of rotatable bonds is 5. The second kappa shape index (κ2) is 5.50. The molecule has 2 unspecified atom stereocenters. The van der Waals surface area contributed by atoms with Gasteiger partial charge >= 0.3 is 5.97 Å². The molecule has 1 aliphatic rings. The standard InChI is InChI=1S/C14H16O6/c1-7(15)11-5-10(13(18)19)6-12(8(2)16)14(11,20-4)9(3)17/h5-6,11H,1-4H3,(H,18,19). The number of methoxy groups -OCH3 is 1. The smallest absolute Gasteiger partial charge is 0.335 e. The number of carbonyl (C=O) groups excluding carboxylic acids is 3. The fourth-order valence-corrected chi connectivity index (χ4v) is 2.46. The Kier molecular flexibility index (Phi) is 4.39. The van der Waals surface area contributed by atoms with Gasteiger partial charge in [-0.2, -0.15) is 0 Å². The van der Waals surface area contributed by atoms with Crippen LogP contribution in [0.3, 0.4) is 0 Å². The van der Waals surface area contributed by atoms with Crippen LogP contribution in [0.2, 0.25) is 0 Å². The number of ether oxygens (including phenoxy) is 1. The highest BCUT2D eigenvalue weighted by Crippen LogP contribution is 2.38. The van der Waals surface area contributed by atoms with Crippen molar-refractivity contribution in [3.05, 3.63) is 23.3 Å². The molecule has 0 spiro atoms. The summed E-state index contributed by atoms with van der Waals surface area (Å²) < 4.78 is 5.22. The predicted octanol–water partition coefficient (Wildman–Crippen LogP) is 0.706. The van der Waals surface area contributed by atoms with E-state index in [0.29, 0.717) is 0 Å². The van der Waals surface area contributed by atoms with E-state index in [1.165, 1.54) is 27.9 Å². The SMILES string of the molecule is COC1(C(C)=O)C(C(C)=O)=CC(C(=O)O)=CC1C(C)=O. The Morgan fingerprint density at radius 2 is 1.75 bits per heavy atom. The van der Waals surface area contributed by atoms with Crippen molar-refractivity contribution >= 4 is 23.3 Å². The minimum absolute atomic E-state index is 0.118. The molecule has 0 saturated heterocycles. The van der Waals surface area contributed by atoms with Gasteiger partial charge in [-0.1, -0.05) is 6.08 Å². The summed E-state index contributed by atoms with van der Waals surface area (Å²) >= 11 is 0. The van der Waals surface area contributed by atoms with Gasteiger partial charge in [-0.3, -0.25) is 14.4 Å². The summed E-state index contributed by atoms with van der Waals surface area (Å²) in [6.07, 6.45) is 2.25. The van der Waals surface area contributed by atoms with E-state index in [4.69, 9.17) is 9.84 Å². The van der Waals surface area contributed by atoms with Crippen molar-refractivity contribution in [3.8, 4) is 0 Å². The molecule has 108 valence electrons. The van der Waals surface area contributed by atoms with Crippen LogP contribution in [0.4, 0.5) is 0 Å². The molecule has 0 heterocycles. The molecule has 0 aromatic rings. The summed E-state index contributed by atoms with van der Waals surface area (Å²) in [5.74, 6) is -3.90. The first-order valence-electron chi connectivity index (χ1n) is 5.93. The second-order valence-corrected chi connectivity index (χ2v) is 4.63. The van der Waals surface area contributed by atoms with Crippen LogP contribution >= 0.6 is 0 Å². The molecular formula is C14H16O6. The molecule has 0 radical (unpaired) electrons. The summed E-state index contributed by atoms with van der Waals surface area (Å²) in [5.41, 5.74) is -2.08. The molecule has 1 rings (SSSR count). The molecule has 2 atom stereocenters. The molecule has 0 aromatic heterocycles. The normalized spacial score (nSPS) is 25.5. The van der Waals surface area contributed by atoms with E-state index in [9.17, 15) is 19.2 Å². The Morgan fingerprint density at radius 1 is 1.20 bits per heavy atom. The van der Waals surface area contributed by atoms with E-state index in [2.05, 4.69) is 0 Å². The highest BCUT2D eigenvalue weighted by atomic mass is 16.5. The number of aliphatic carboxylic acids is 1. The lowest BCUT2D eigenvalue weighted by atomic mass is 9.70. The van der Waals surface area contributed by atoms with Crippen LogP contribution in [0.5, 0.6) is 0 Å². The van der Waals surface area contributed by atoms with Crippen LogP contribution in [0.25, 0.3) is 0 Å². The number of ketones is 3. The third-order valence-corrected chi connectivity index (χ3v) is 3.39. The third kappa shape index (κ3) is 2.34. The second-order valence-electron chi connectivity index (χ2n) is 4.63. The van der Waals surface area contributed by atoms with E-state index >= 15 is 0 Å². The number of carbonyl (C=O) groups is 4. The molecule has 6 nitrogen and oxygen atoms in total. The lowest BCUT2D eigenvalue weighted by molar-refractivity contribution is -0.147. The van der Waals surface area contributed by atoms with Crippen LogP contribution in [-0.2, 0) is 23.9 Å². The summed E-state index contributed by atoms with van der Waals surface area (Å²) in [6, 6.07) is 0. The van der Waals surface area contributed by atoms with E-state index in [1.807, 2.05) is 0 Å². The van der Waals surface area contributed by atoms with Crippen molar-refractivity contribution in [2.24, 2.45) is 5.92 Å². The molecule has 0 bridgehead atoms. The van der Waals surface area contributed by atoms with Gasteiger partial charge in [0.2, 0.25) is 0 Å². The molecule has 0 amide bonds. The zero-order chi connectivity index (χ0) is 15.7. The number of carboxylic acids is 1. The molecule has 0 fully saturated rings. The van der Waals surface area contributed by atoms with Crippen molar-refractivity contribution in [1.29, 1.82) is 0 Å². The molecule has 6 heteroatoms. The highest BCUT2D eigenvalue weighted by Gasteiger charge is 2.52. The first-order chi connectivity index (χ1) is 9.18. The van der Waals surface area contributed by atoms with Crippen LogP contribution in [-0.4, -0.2) is 41.1 Å². The van der Waals surface area contributed by atoms with Crippen molar-refractivity contribution < 1.29 is 29.0 Å². The maximum Gasteiger partial charge on any atom is 0.335 e. The zero-order valence-corrected chi connectivity index (χ0v) is 11.7. The van der Waals surface area contributed by atoms with Gasteiger partial charge in [0.1, 0.15) is 5.78 Å². The Hall–Kier alpha value is -2.08. The minimum atomic E-state index is -1.75. The van der Waals surface area contributed by atoms with E-state index in [0.717, 1.165) is 12.2 Å². The van der Waals surface area contributed by atoms with Crippen molar-refractivity contribution in [3.63, 3.8) is 0 Å². The zero-order valence-electron chi connectivity index (χ0n) is 11.7. The lowest BCUT2D eigenvalue weighted by Gasteiger charge is -2.38. The topological polar surface area (TPSA) is 97.7 Å². The average molecular weight is 280 g/mol. The Morgan fingerprint density at radius 3 is 2.05 bits per heavy atom. The number of hydrogen-bond acceptors (Lipinski definition) is 5. The predicted molar refractivity (Wildman–Crippen MR) is 69.1 cm³/mol. The van der Waals surface area contributed by atoms with Crippen molar-refractivity contribution in [1.82, 2.24) is 0 Å². The van der Waals surface area contributed by atoms with Crippen molar-refractivity contribution in [2.45, 2.75) is 26.4 Å². The quantitative estimate of drug-likeness (QED) is 0.796. The number of hydrogen-bond donors (Lipinski definition) is 1. The Bertz CT molecular complexity index is 554. The largest absolute Gasteiger partial charge is 0.478 e. The first-order valence-corrected chi connectivity index (χ1v) is 5.93. The van der Waals surface area contributed by atoms with E-state index < -0.39 is 34.8 Å².